The van der Waals surface area contributed by atoms with Crippen LogP contribution in [-0.2, 0) is 17.8 Å². The fourth-order valence-electron chi connectivity index (χ4n) is 2.03. The quantitative estimate of drug-likeness (QED) is 0.942. The van der Waals surface area contributed by atoms with E-state index >= 15 is 0 Å². The molecule has 0 saturated carbocycles. The van der Waals surface area contributed by atoms with Crippen LogP contribution in [0.4, 0.5) is 0 Å². The van der Waals surface area contributed by atoms with E-state index in [1.807, 2.05) is 39.0 Å². The largest absolute Gasteiger partial charge is 0.361 e. The summed E-state index contributed by atoms with van der Waals surface area (Å²) in [5.74, 6) is 0.647. The Hall–Kier alpha value is -1.81. The molecule has 2 aromatic rings. The minimum atomic E-state index is -0.0475. The third kappa shape index (κ3) is 3.39. The molecule has 106 valence electrons. The summed E-state index contributed by atoms with van der Waals surface area (Å²) in [5.41, 5.74) is 3.74. The first-order valence-electron chi connectivity index (χ1n) is 6.41. The van der Waals surface area contributed by atoms with Gasteiger partial charge in [0.25, 0.3) is 0 Å². The minimum absolute atomic E-state index is 0.0475. The molecule has 0 aliphatic heterocycles. The van der Waals surface area contributed by atoms with Crippen LogP contribution in [0.3, 0.4) is 0 Å². The molecule has 20 heavy (non-hydrogen) atoms. The topological polar surface area (TPSA) is 55.1 Å². The summed E-state index contributed by atoms with van der Waals surface area (Å²) in [6, 6.07) is 5.63. The number of hydrogen-bond donors (Lipinski definition) is 1. The highest BCUT2D eigenvalue weighted by Gasteiger charge is 2.13. The lowest BCUT2D eigenvalue weighted by Crippen LogP contribution is -2.25. The van der Waals surface area contributed by atoms with Gasteiger partial charge in [-0.1, -0.05) is 22.8 Å². The third-order valence-corrected chi connectivity index (χ3v) is 3.53. The van der Waals surface area contributed by atoms with Crippen LogP contribution in [0.25, 0.3) is 0 Å². The van der Waals surface area contributed by atoms with E-state index in [1.165, 1.54) is 0 Å². The van der Waals surface area contributed by atoms with E-state index in [0.717, 1.165) is 22.4 Å². The lowest BCUT2D eigenvalue weighted by atomic mass is 10.1. The SMILES string of the molecule is Cc1cc(Cl)ccc1CNC(=O)Cc1c(C)noc1C. The van der Waals surface area contributed by atoms with Gasteiger partial charge in [-0.3, -0.25) is 4.79 Å². The maximum atomic E-state index is 12.0. The van der Waals surface area contributed by atoms with Crippen molar-refractivity contribution in [2.45, 2.75) is 33.7 Å². The smallest absolute Gasteiger partial charge is 0.224 e. The maximum absolute atomic E-state index is 12.0. The van der Waals surface area contributed by atoms with Crippen molar-refractivity contribution in [1.82, 2.24) is 10.5 Å². The second-order valence-corrected chi connectivity index (χ2v) is 5.26. The van der Waals surface area contributed by atoms with Crippen LogP contribution in [0.15, 0.2) is 22.7 Å². The van der Waals surface area contributed by atoms with Crippen molar-refractivity contribution < 1.29 is 9.32 Å². The molecule has 0 unspecified atom stereocenters. The summed E-state index contributed by atoms with van der Waals surface area (Å²) in [6.45, 7) is 6.11. The standard InChI is InChI=1S/C15H17ClN2O2/c1-9-6-13(16)5-4-12(9)8-17-15(19)7-14-10(2)18-20-11(14)3/h4-6H,7-8H2,1-3H3,(H,17,19). The third-order valence-electron chi connectivity index (χ3n) is 3.30. The predicted octanol–water partition coefficient (Wildman–Crippen LogP) is 3.11. The van der Waals surface area contributed by atoms with Gasteiger partial charge in [-0.25, -0.2) is 0 Å². The fourth-order valence-corrected chi connectivity index (χ4v) is 2.26. The Balaban J connectivity index is 1.96. The Bertz CT molecular complexity index is 615. The van der Waals surface area contributed by atoms with E-state index < -0.39 is 0 Å². The molecule has 1 aromatic carbocycles. The maximum Gasteiger partial charge on any atom is 0.224 e. The van der Waals surface area contributed by atoms with Gasteiger partial charge >= 0.3 is 0 Å². The molecular weight excluding hydrogens is 276 g/mol. The van der Waals surface area contributed by atoms with Crippen molar-refractivity contribution in [3.8, 4) is 0 Å². The van der Waals surface area contributed by atoms with Gasteiger partial charge in [0, 0.05) is 17.1 Å². The average molecular weight is 293 g/mol. The highest BCUT2D eigenvalue weighted by molar-refractivity contribution is 6.30. The summed E-state index contributed by atoms with van der Waals surface area (Å²) in [7, 11) is 0. The number of nitrogens with zero attached hydrogens (tertiary/aromatic N) is 1. The van der Waals surface area contributed by atoms with Crippen molar-refractivity contribution in [3.63, 3.8) is 0 Å². The lowest BCUT2D eigenvalue weighted by molar-refractivity contribution is -0.120. The highest BCUT2D eigenvalue weighted by atomic mass is 35.5. The van der Waals surface area contributed by atoms with Crippen molar-refractivity contribution >= 4 is 17.5 Å². The van der Waals surface area contributed by atoms with Crippen LogP contribution in [0.1, 0.15) is 28.1 Å². The van der Waals surface area contributed by atoms with Crippen molar-refractivity contribution in [2.24, 2.45) is 0 Å². The molecule has 4 nitrogen and oxygen atoms in total. The Morgan fingerprint density at radius 1 is 1.35 bits per heavy atom. The number of amides is 1. The van der Waals surface area contributed by atoms with Crippen molar-refractivity contribution in [1.29, 1.82) is 0 Å². The first kappa shape index (κ1) is 14.6. The van der Waals surface area contributed by atoms with E-state index in [1.54, 1.807) is 0 Å². The van der Waals surface area contributed by atoms with Gasteiger partial charge in [0.2, 0.25) is 5.91 Å². The fraction of sp³-hybridized carbons (Fsp3) is 0.333. The number of halogens is 1. The average Bonchev–Trinajstić information content (AvgIpc) is 2.69. The second kappa shape index (κ2) is 6.09. The molecule has 1 amide bonds. The van der Waals surface area contributed by atoms with Gasteiger partial charge < -0.3 is 9.84 Å². The zero-order valence-electron chi connectivity index (χ0n) is 11.8. The van der Waals surface area contributed by atoms with Crippen LogP contribution in [0.5, 0.6) is 0 Å². The van der Waals surface area contributed by atoms with Crippen LogP contribution < -0.4 is 5.32 Å². The Morgan fingerprint density at radius 3 is 2.70 bits per heavy atom. The number of aryl methyl sites for hydroxylation is 3. The number of hydrogen-bond acceptors (Lipinski definition) is 3. The van der Waals surface area contributed by atoms with Gasteiger partial charge in [0.05, 0.1) is 12.1 Å². The molecule has 0 aliphatic carbocycles. The molecule has 0 radical (unpaired) electrons. The van der Waals surface area contributed by atoms with E-state index in [0.29, 0.717) is 17.3 Å². The molecule has 1 aromatic heterocycles. The molecule has 1 heterocycles. The van der Waals surface area contributed by atoms with Crippen LogP contribution >= 0.6 is 11.6 Å². The first-order valence-corrected chi connectivity index (χ1v) is 6.78. The number of carbonyl (C=O) groups excluding carboxylic acids is 1. The normalized spacial score (nSPS) is 10.6. The zero-order valence-corrected chi connectivity index (χ0v) is 12.5. The molecule has 5 heteroatoms. The molecule has 0 bridgehead atoms. The first-order chi connectivity index (χ1) is 9.47. The number of aromatic nitrogens is 1. The van der Waals surface area contributed by atoms with Crippen molar-refractivity contribution in [3.05, 3.63) is 51.4 Å². The summed E-state index contributed by atoms with van der Waals surface area (Å²) < 4.78 is 5.05. The van der Waals surface area contributed by atoms with E-state index in [-0.39, 0.29) is 12.3 Å². The Labute approximate surface area is 123 Å². The van der Waals surface area contributed by atoms with Gasteiger partial charge in [-0.15, -0.1) is 0 Å². The van der Waals surface area contributed by atoms with Gasteiger partial charge in [-0.2, -0.15) is 0 Å². The van der Waals surface area contributed by atoms with E-state index in [2.05, 4.69) is 10.5 Å². The Kier molecular flexibility index (Phi) is 4.45. The molecule has 0 spiro atoms. The molecule has 0 saturated heterocycles. The summed E-state index contributed by atoms with van der Waals surface area (Å²) in [5, 5.41) is 7.44. The van der Waals surface area contributed by atoms with Gasteiger partial charge in [-0.05, 0) is 44.0 Å². The predicted molar refractivity (Wildman–Crippen MR) is 77.7 cm³/mol. The molecule has 0 fully saturated rings. The molecule has 0 atom stereocenters. The molecule has 2 rings (SSSR count). The van der Waals surface area contributed by atoms with Gasteiger partial charge in [0.1, 0.15) is 5.76 Å². The molecule has 1 N–H and O–H groups in total. The highest BCUT2D eigenvalue weighted by Crippen LogP contribution is 2.15. The molecular formula is C15H17ClN2O2. The number of benzene rings is 1. The summed E-state index contributed by atoms with van der Waals surface area (Å²) in [6.07, 6.45) is 0.286. The zero-order chi connectivity index (χ0) is 14.7. The Morgan fingerprint density at radius 2 is 2.10 bits per heavy atom. The summed E-state index contributed by atoms with van der Waals surface area (Å²) >= 11 is 5.90. The van der Waals surface area contributed by atoms with Gasteiger partial charge in [0.15, 0.2) is 0 Å². The second-order valence-electron chi connectivity index (χ2n) is 4.83. The minimum Gasteiger partial charge on any atom is -0.361 e. The monoisotopic (exact) mass is 292 g/mol. The summed E-state index contributed by atoms with van der Waals surface area (Å²) in [4.78, 5) is 12.0. The van der Waals surface area contributed by atoms with Crippen LogP contribution in [-0.4, -0.2) is 11.1 Å². The van der Waals surface area contributed by atoms with E-state index in [4.69, 9.17) is 16.1 Å². The van der Waals surface area contributed by atoms with Crippen LogP contribution in [0.2, 0.25) is 5.02 Å². The van der Waals surface area contributed by atoms with E-state index in [9.17, 15) is 4.79 Å². The lowest BCUT2D eigenvalue weighted by Gasteiger charge is -2.08. The number of nitrogens with one attached hydrogen (secondary N) is 1. The number of rotatable bonds is 4. The van der Waals surface area contributed by atoms with Crippen molar-refractivity contribution in [2.75, 3.05) is 0 Å². The number of carbonyl (C=O) groups is 1. The molecule has 0 aliphatic rings. The van der Waals surface area contributed by atoms with Crippen LogP contribution in [0, 0.1) is 20.8 Å².